The number of hydrogen-bond acceptors (Lipinski definition) is 6. The monoisotopic (exact) mass is 307 g/mol. The van der Waals surface area contributed by atoms with Crippen molar-refractivity contribution in [3.63, 3.8) is 0 Å². The van der Waals surface area contributed by atoms with Gasteiger partial charge in [0.15, 0.2) is 0 Å². The first-order valence-corrected chi connectivity index (χ1v) is 6.91. The van der Waals surface area contributed by atoms with E-state index >= 15 is 0 Å². The second kappa shape index (κ2) is 7.29. The second-order valence-corrected chi connectivity index (χ2v) is 5.17. The molecular weight excluding hydrogens is 293 g/mol. The van der Waals surface area contributed by atoms with Crippen molar-refractivity contribution in [1.29, 1.82) is 0 Å². The summed E-state index contributed by atoms with van der Waals surface area (Å²) in [5.41, 5.74) is -0.295. The fourth-order valence-corrected chi connectivity index (χ4v) is 2.32. The number of hydrogen-bond donors (Lipinski definition) is 1. The van der Waals surface area contributed by atoms with Gasteiger partial charge in [0.1, 0.15) is 10.7 Å². The number of carbonyl (C=O) groups excluding carboxylic acids is 1. The van der Waals surface area contributed by atoms with Gasteiger partial charge in [0, 0.05) is 7.11 Å². The Kier molecular flexibility index (Phi) is 6.02. The molecule has 1 aromatic rings. The third-order valence-corrected chi connectivity index (χ3v) is 3.45. The SMILES string of the molecule is COCCONS(=O)(=O)c1cc(F)ccc1C(=O)OC. The van der Waals surface area contributed by atoms with Gasteiger partial charge in [-0.05, 0) is 18.2 Å². The number of ether oxygens (including phenoxy) is 2. The van der Waals surface area contributed by atoms with Crippen LogP contribution in [0.5, 0.6) is 0 Å². The van der Waals surface area contributed by atoms with E-state index in [1.807, 2.05) is 0 Å². The summed E-state index contributed by atoms with van der Waals surface area (Å²) in [6.07, 6.45) is 0. The highest BCUT2D eigenvalue weighted by Gasteiger charge is 2.24. The van der Waals surface area contributed by atoms with Crippen molar-refractivity contribution in [2.24, 2.45) is 0 Å². The topological polar surface area (TPSA) is 90.9 Å². The molecule has 0 radical (unpaired) electrons. The molecule has 0 unspecified atom stereocenters. The maximum atomic E-state index is 13.2. The zero-order valence-corrected chi connectivity index (χ0v) is 11.7. The third kappa shape index (κ3) is 4.23. The zero-order chi connectivity index (χ0) is 15.2. The lowest BCUT2D eigenvalue weighted by atomic mass is 10.2. The van der Waals surface area contributed by atoms with Crippen LogP contribution in [0.15, 0.2) is 23.1 Å². The molecule has 20 heavy (non-hydrogen) atoms. The summed E-state index contributed by atoms with van der Waals surface area (Å²) < 4.78 is 46.2. The molecule has 0 saturated heterocycles. The first-order chi connectivity index (χ1) is 9.42. The molecule has 0 heterocycles. The fourth-order valence-electron chi connectivity index (χ4n) is 1.29. The van der Waals surface area contributed by atoms with Crippen molar-refractivity contribution in [2.75, 3.05) is 27.4 Å². The van der Waals surface area contributed by atoms with Crippen molar-refractivity contribution >= 4 is 16.0 Å². The highest BCUT2D eigenvalue weighted by atomic mass is 32.2. The summed E-state index contributed by atoms with van der Waals surface area (Å²) in [5, 5.41) is 0. The van der Waals surface area contributed by atoms with E-state index in [1.165, 1.54) is 7.11 Å². The second-order valence-electron chi connectivity index (χ2n) is 3.56. The fraction of sp³-hybridized carbons (Fsp3) is 0.364. The summed E-state index contributed by atoms with van der Waals surface area (Å²) in [6, 6.07) is 2.68. The van der Waals surface area contributed by atoms with E-state index in [9.17, 15) is 17.6 Å². The summed E-state index contributed by atoms with van der Waals surface area (Å²) in [5.74, 6) is -1.71. The molecule has 112 valence electrons. The van der Waals surface area contributed by atoms with E-state index < -0.39 is 26.7 Å². The van der Waals surface area contributed by atoms with E-state index in [0.717, 1.165) is 19.2 Å². The molecule has 0 saturated carbocycles. The zero-order valence-electron chi connectivity index (χ0n) is 10.9. The third-order valence-electron chi connectivity index (χ3n) is 2.20. The van der Waals surface area contributed by atoms with Crippen molar-refractivity contribution in [3.8, 4) is 0 Å². The van der Waals surface area contributed by atoms with Gasteiger partial charge < -0.3 is 9.47 Å². The van der Waals surface area contributed by atoms with Gasteiger partial charge in [-0.25, -0.2) is 17.6 Å². The molecule has 1 rings (SSSR count). The average Bonchev–Trinajstić information content (AvgIpc) is 2.42. The van der Waals surface area contributed by atoms with E-state index in [0.29, 0.717) is 6.07 Å². The van der Waals surface area contributed by atoms with Gasteiger partial charge in [0.2, 0.25) is 0 Å². The number of carbonyl (C=O) groups is 1. The lowest BCUT2D eigenvalue weighted by molar-refractivity contribution is 0.0437. The van der Waals surface area contributed by atoms with Gasteiger partial charge in [-0.1, -0.05) is 4.89 Å². The predicted molar refractivity (Wildman–Crippen MR) is 65.9 cm³/mol. The average molecular weight is 307 g/mol. The first-order valence-electron chi connectivity index (χ1n) is 5.42. The Balaban J connectivity index is 3.03. The quantitative estimate of drug-likeness (QED) is 0.447. The Hall–Kier alpha value is -1.55. The van der Waals surface area contributed by atoms with Crippen molar-refractivity contribution < 1.29 is 31.9 Å². The van der Waals surface area contributed by atoms with Gasteiger partial charge in [-0.2, -0.15) is 0 Å². The number of esters is 1. The Morgan fingerprint density at radius 2 is 2.00 bits per heavy atom. The summed E-state index contributed by atoms with van der Waals surface area (Å²) in [4.78, 5) is 17.3. The molecule has 9 heteroatoms. The summed E-state index contributed by atoms with van der Waals surface area (Å²) in [7, 11) is -1.71. The molecule has 0 fully saturated rings. The van der Waals surface area contributed by atoms with Crippen LogP contribution in [0, 0.1) is 5.82 Å². The minimum atomic E-state index is -4.22. The maximum absolute atomic E-state index is 13.2. The lowest BCUT2D eigenvalue weighted by Gasteiger charge is -2.10. The standard InChI is InChI=1S/C11H14FNO6S/c1-17-5-6-19-13-20(15,16)10-7-8(12)3-4-9(10)11(14)18-2/h3-4,7,13H,5-6H2,1-2H3. The first kappa shape index (κ1) is 16.5. The molecule has 0 atom stereocenters. The number of sulfonamides is 1. The van der Waals surface area contributed by atoms with Crippen LogP contribution in [0.1, 0.15) is 10.4 Å². The molecule has 1 N–H and O–H groups in total. The molecule has 0 aliphatic rings. The Bertz CT molecular complexity index is 574. The van der Waals surface area contributed by atoms with Crippen molar-refractivity contribution in [2.45, 2.75) is 4.90 Å². The summed E-state index contributed by atoms with van der Waals surface area (Å²) in [6.45, 7) is 0.119. The molecular formula is C11H14FNO6S. The largest absolute Gasteiger partial charge is 0.465 e. The van der Waals surface area contributed by atoms with Crippen molar-refractivity contribution in [1.82, 2.24) is 4.89 Å². The predicted octanol–water partition coefficient (Wildman–Crippen LogP) is 0.469. The Morgan fingerprint density at radius 1 is 1.30 bits per heavy atom. The van der Waals surface area contributed by atoms with Gasteiger partial charge >= 0.3 is 5.97 Å². The molecule has 0 aliphatic heterocycles. The van der Waals surface area contributed by atoms with Crippen LogP contribution < -0.4 is 4.89 Å². The van der Waals surface area contributed by atoms with Gasteiger partial charge in [0.25, 0.3) is 10.0 Å². The number of methoxy groups -OCH3 is 2. The molecule has 7 nitrogen and oxygen atoms in total. The highest BCUT2D eigenvalue weighted by molar-refractivity contribution is 7.89. The van der Waals surface area contributed by atoms with Crippen LogP contribution in [0.4, 0.5) is 4.39 Å². The van der Waals surface area contributed by atoms with Crippen LogP contribution in [0.2, 0.25) is 0 Å². The van der Waals surface area contributed by atoms with Gasteiger partial charge in [0.05, 0.1) is 25.9 Å². The van der Waals surface area contributed by atoms with E-state index in [2.05, 4.69) is 14.3 Å². The molecule has 0 aliphatic carbocycles. The highest BCUT2D eigenvalue weighted by Crippen LogP contribution is 2.18. The van der Waals surface area contributed by atoms with Gasteiger partial charge in [-0.3, -0.25) is 4.84 Å². The number of nitrogens with one attached hydrogen (secondary N) is 1. The number of rotatable bonds is 7. The molecule has 1 aromatic carbocycles. The van der Waals surface area contributed by atoms with Crippen molar-refractivity contribution in [3.05, 3.63) is 29.6 Å². The molecule has 0 bridgehead atoms. The summed E-state index contributed by atoms with van der Waals surface area (Å²) >= 11 is 0. The molecule has 0 spiro atoms. The van der Waals surface area contributed by atoms with E-state index in [4.69, 9.17) is 0 Å². The number of halogens is 1. The smallest absolute Gasteiger partial charge is 0.339 e. The Morgan fingerprint density at radius 3 is 2.60 bits per heavy atom. The van der Waals surface area contributed by atoms with E-state index in [-0.39, 0.29) is 18.8 Å². The van der Waals surface area contributed by atoms with Crippen LogP contribution in [-0.2, 0) is 24.3 Å². The molecule has 0 amide bonds. The van der Waals surface area contributed by atoms with Crippen LogP contribution in [0.3, 0.4) is 0 Å². The number of benzene rings is 1. The minimum Gasteiger partial charge on any atom is -0.465 e. The van der Waals surface area contributed by atoms with Crippen LogP contribution in [0.25, 0.3) is 0 Å². The van der Waals surface area contributed by atoms with Crippen LogP contribution in [-0.4, -0.2) is 41.8 Å². The normalized spacial score (nSPS) is 11.3. The Labute approximate surface area is 115 Å². The minimum absolute atomic E-state index is 0.0431. The lowest BCUT2D eigenvalue weighted by Crippen LogP contribution is -2.27. The van der Waals surface area contributed by atoms with Gasteiger partial charge in [-0.15, -0.1) is 0 Å². The van der Waals surface area contributed by atoms with E-state index in [1.54, 1.807) is 4.89 Å². The maximum Gasteiger partial charge on any atom is 0.339 e. The molecule has 0 aromatic heterocycles. The van der Waals surface area contributed by atoms with Crippen LogP contribution >= 0.6 is 0 Å².